The fourth-order valence-electron chi connectivity index (χ4n) is 3.47. The van der Waals surface area contributed by atoms with Gasteiger partial charge in [-0.1, -0.05) is 18.2 Å². The van der Waals surface area contributed by atoms with Gasteiger partial charge in [0.25, 0.3) is 0 Å². The lowest BCUT2D eigenvalue weighted by Crippen LogP contribution is -2.27. The highest BCUT2D eigenvalue weighted by atomic mass is 32.1. The molecule has 5 nitrogen and oxygen atoms in total. The van der Waals surface area contributed by atoms with Gasteiger partial charge in [-0.2, -0.15) is 0 Å². The van der Waals surface area contributed by atoms with Crippen molar-refractivity contribution < 1.29 is 9.53 Å². The third-order valence-corrected chi connectivity index (χ3v) is 5.94. The molecule has 0 unspecified atom stereocenters. The van der Waals surface area contributed by atoms with Gasteiger partial charge in [0, 0.05) is 16.6 Å². The van der Waals surface area contributed by atoms with Crippen LogP contribution in [0.1, 0.15) is 35.9 Å². The lowest BCUT2D eigenvalue weighted by atomic mass is 10.0. The molecule has 144 valence electrons. The zero-order valence-electron chi connectivity index (χ0n) is 15.9. The lowest BCUT2D eigenvalue weighted by Gasteiger charge is -2.20. The molecule has 1 aromatic carbocycles. The molecule has 0 saturated heterocycles. The number of pyridine rings is 1. The van der Waals surface area contributed by atoms with Crippen molar-refractivity contribution in [2.75, 3.05) is 11.5 Å². The Kier molecular flexibility index (Phi) is 5.67. The Bertz CT molecular complexity index is 932. The van der Waals surface area contributed by atoms with Gasteiger partial charge in [0.2, 0.25) is 5.91 Å². The Morgan fingerprint density at radius 1 is 1.18 bits per heavy atom. The first-order chi connectivity index (χ1) is 13.8. The van der Waals surface area contributed by atoms with E-state index in [4.69, 9.17) is 9.72 Å². The van der Waals surface area contributed by atoms with E-state index >= 15 is 0 Å². The fourth-order valence-corrected chi connectivity index (χ4v) is 4.66. The summed E-state index contributed by atoms with van der Waals surface area (Å²) in [5.74, 6) is 0.717. The molecule has 4 rings (SSSR count). The largest absolute Gasteiger partial charge is 0.494 e. The van der Waals surface area contributed by atoms with Gasteiger partial charge in [-0.05, 0) is 50.8 Å². The van der Waals surface area contributed by atoms with E-state index in [0.29, 0.717) is 6.61 Å². The highest BCUT2D eigenvalue weighted by molar-refractivity contribution is 7.16. The Morgan fingerprint density at radius 2 is 2.04 bits per heavy atom. The first-order valence-corrected chi connectivity index (χ1v) is 10.5. The van der Waals surface area contributed by atoms with Crippen LogP contribution in [0.15, 0.2) is 48.8 Å². The van der Waals surface area contributed by atoms with Gasteiger partial charge >= 0.3 is 0 Å². The number of hydrogen-bond donors (Lipinski definition) is 0. The number of amides is 1. The molecule has 1 aliphatic rings. The van der Waals surface area contributed by atoms with Crippen LogP contribution in [0.4, 0.5) is 10.8 Å². The van der Waals surface area contributed by atoms with E-state index in [9.17, 15) is 4.79 Å². The second kappa shape index (κ2) is 8.52. The van der Waals surface area contributed by atoms with Crippen LogP contribution in [0.3, 0.4) is 0 Å². The molecule has 3 aromatic rings. The van der Waals surface area contributed by atoms with Crippen molar-refractivity contribution in [1.29, 1.82) is 0 Å². The number of anilines is 2. The van der Waals surface area contributed by atoms with Crippen molar-refractivity contribution in [2.24, 2.45) is 0 Å². The number of carbonyl (C=O) groups is 1. The Labute approximate surface area is 169 Å². The molecular formula is C22H23N3O2S. The predicted octanol–water partition coefficient (Wildman–Crippen LogP) is 4.72. The molecule has 0 aliphatic heterocycles. The molecule has 2 heterocycles. The number of carbonyl (C=O) groups excluding carboxylic acids is 1. The molecule has 0 bridgehead atoms. The summed E-state index contributed by atoms with van der Waals surface area (Å²) in [4.78, 5) is 25.4. The van der Waals surface area contributed by atoms with Crippen LogP contribution in [0.25, 0.3) is 0 Å². The topological polar surface area (TPSA) is 55.3 Å². The zero-order chi connectivity index (χ0) is 19.3. The van der Waals surface area contributed by atoms with Gasteiger partial charge in [-0.3, -0.25) is 14.7 Å². The molecule has 6 heteroatoms. The maximum atomic E-state index is 13.4. The SMILES string of the molecule is CCOc1ccccc1CC(=O)N(c1cccnc1)c1nc2c(s1)CCCC2. The molecule has 0 atom stereocenters. The average molecular weight is 394 g/mol. The normalized spacial score (nSPS) is 13.0. The molecule has 1 aliphatic carbocycles. The monoisotopic (exact) mass is 393 g/mol. The number of fused-ring (bicyclic) bond motifs is 1. The summed E-state index contributed by atoms with van der Waals surface area (Å²) in [7, 11) is 0. The van der Waals surface area contributed by atoms with Gasteiger partial charge in [0.05, 0.1) is 30.6 Å². The number of thiazole rings is 1. The van der Waals surface area contributed by atoms with Gasteiger partial charge < -0.3 is 4.74 Å². The van der Waals surface area contributed by atoms with E-state index in [1.807, 2.05) is 43.3 Å². The Morgan fingerprint density at radius 3 is 2.82 bits per heavy atom. The summed E-state index contributed by atoms with van der Waals surface area (Å²) in [6, 6.07) is 11.4. The van der Waals surface area contributed by atoms with E-state index in [0.717, 1.165) is 40.7 Å². The summed E-state index contributed by atoms with van der Waals surface area (Å²) in [6.45, 7) is 2.51. The lowest BCUT2D eigenvalue weighted by molar-refractivity contribution is -0.117. The zero-order valence-corrected chi connectivity index (χ0v) is 16.7. The predicted molar refractivity (Wildman–Crippen MR) is 111 cm³/mol. The first-order valence-electron chi connectivity index (χ1n) is 9.68. The number of aromatic nitrogens is 2. The molecule has 0 saturated carbocycles. The molecule has 0 spiro atoms. The minimum absolute atomic E-state index is 0.0359. The molecular weight excluding hydrogens is 370 g/mol. The highest BCUT2D eigenvalue weighted by Crippen LogP contribution is 2.35. The molecule has 1 amide bonds. The van der Waals surface area contributed by atoms with Gasteiger partial charge in [-0.25, -0.2) is 4.98 Å². The number of para-hydroxylation sites is 1. The van der Waals surface area contributed by atoms with Gasteiger partial charge in [0.1, 0.15) is 5.75 Å². The number of aryl methyl sites for hydroxylation is 2. The van der Waals surface area contributed by atoms with Crippen molar-refractivity contribution in [3.63, 3.8) is 0 Å². The third kappa shape index (κ3) is 3.92. The van der Waals surface area contributed by atoms with Crippen molar-refractivity contribution in [1.82, 2.24) is 9.97 Å². The molecule has 28 heavy (non-hydrogen) atoms. The standard InChI is InChI=1S/C22H23N3O2S/c1-2-27-19-11-5-3-8-16(19)14-21(26)25(17-9-7-13-23-15-17)22-24-18-10-4-6-12-20(18)28-22/h3,5,7-9,11,13,15H,2,4,6,10,12,14H2,1H3. The van der Waals surface area contributed by atoms with Gasteiger partial charge in [-0.15, -0.1) is 11.3 Å². The third-order valence-electron chi connectivity index (χ3n) is 4.79. The molecule has 0 radical (unpaired) electrons. The molecule has 2 aromatic heterocycles. The summed E-state index contributed by atoms with van der Waals surface area (Å²) in [5, 5.41) is 0.735. The maximum Gasteiger partial charge on any atom is 0.237 e. The van der Waals surface area contributed by atoms with Crippen molar-refractivity contribution in [3.8, 4) is 5.75 Å². The maximum absolute atomic E-state index is 13.4. The minimum atomic E-state index is -0.0359. The van der Waals surface area contributed by atoms with Gasteiger partial charge in [0.15, 0.2) is 5.13 Å². The van der Waals surface area contributed by atoms with E-state index in [1.165, 1.54) is 17.7 Å². The summed E-state index contributed by atoms with van der Waals surface area (Å²) in [6.07, 6.45) is 8.07. The number of ether oxygens (including phenoxy) is 1. The van der Waals surface area contributed by atoms with E-state index in [1.54, 1.807) is 28.6 Å². The Balaban J connectivity index is 1.68. The van der Waals surface area contributed by atoms with Crippen LogP contribution in [-0.4, -0.2) is 22.5 Å². The van der Waals surface area contributed by atoms with Crippen LogP contribution >= 0.6 is 11.3 Å². The average Bonchev–Trinajstić information content (AvgIpc) is 3.14. The summed E-state index contributed by atoms with van der Waals surface area (Å²) < 4.78 is 5.70. The highest BCUT2D eigenvalue weighted by Gasteiger charge is 2.25. The van der Waals surface area contributed by atoms with Crippen molar-refractivity contribution in [2.45, 2.75) is 39.0 Å². The second-order valence-corrected chi connectivity index (χ2v) is 7.79. The molecule has 0 fully saturated rings. The second-order valence-electron chi connectivity index (χ2n) is 6.73. The number of hydrogen-bond acceptors (Lipinski definition) is 5. The van der Waals surface area contributed by atoms with Crippen LogP contribution in [0.5, 0.6) is 5.75 Å². The summed E-state index contributed by atoms with van der Waals surface area (Å²) in [5.41, 5.74) is 2.76. The van der Waals surface area contributed by atoms with Crippen molar-refractivity contribution >= 4 is 28.1 Å². The smallest absolute Gasteiger partial charge is 0.237 e. The number of rotatable bonds is 6. The van der Waals surface area contributed by atoms with Crippen molar-refractivity contribution in [3.05, 3.63) is 64.9 Å². The van der Waals surface area contributed by atoms with Crippen LogP contribution in [0.2, 0.25) is 0 Å². The van der Waals surface area contributed by atoms with Crippen LogP contribution in [-0.2, 0) is 24.1 Å². The van der Waals surface area contributed by atoms with Crippen LogP contribution in [0, 0.1) is 0 Å². The quantitative estimate of drug-likeness (QED) is 0.608. The van der Waals surface area contributed by atoms with Crippen LogP contribution < -0.4 is 9.64 Å². The Hall–Kier alpha value is -2.73. The minimum Gasteiger partial charge on any atom is -0.494 e. The number of nitrogens with zero attached hydrogens (tertiary/aromatic N) is 3. The van der Waals surface area contributed by atoms with E-state index in [-0.39, 0.29) is 12.3 Å². The first kappa shape index (κ1) is 18.6. The van der Waals surface area contributed by atoms with E-state index in [2.05, 4.69) is 4.98 Å². The fraction of sp³-hybridized carbons (Fsp3) is 0.318. The number of benzene rings is 1. The summed E-state index contributed by atoms with van der Waals surface area (Å²) >= 11 is 1.63. The van der Waals surface area contributed by atoms with E-state index < -0.39 is 0 Å². The molecule has 0 N–H and O–H groups in total.